The Kier molecular flexibility index (Phi) is 5.39. The molecule has 0 bridgehead atoms. The highest BCUT2D eigenvalue weighted by molar-refractivity contribution is 5.57. The number of aliphatic imine (C=N–C) groups is 1. The summed E-state index contributed by atoms with van der Waals surface area (Å²) in [5.41, 5.74) is 2.17. The molecule has 6 heteroatoms. The number of hydrogen-bond donors (Lipinski definition) is 1. The molecule has 1 aliphatic carbocycles. The molecule has 3 aromatic rings. The van der Waals surface area contributed by atoms with Crippen LogP contribution in [0.3, 0.4) is 0 Å². The van der Waals surface area contributed by atoms with Gasteiger partial charge in [-0.2, -0.15) is 0 Å². The number of hydrogen-bond acceptors (Lipinski definition) is 4. The summed E-state index contributed by atoms with van der Waals surface area (Å²) in [6.45, 7) is 8.56. The van der Waals surface area contributed by atoms with Crippen molar-refractivity contribution in [1.82, 2.24) is 19.7 Å². The van der Waals surface area contributed by atoms with Crippen molar-refractivity contribution >= 4 is 12.5 Å². The second-order valence-corrected chi connectivity index (χ2v) is 7.48. The van der Waals surface area contributed by atoms with Crippen LogP contribution in [0.15, 0.2) is 47.6 Å². The zero-order valence-electron chi connectivity index (χ0n) is 16.5. The Morgan fingerprint density at radius 3 is 2.79 bits per heavy atom. The van der Waals surface area contributed by atoms with Gasteiger partial charge >= 0.3 is 0 Å². The Balaban J connectivity index is 1.56. The van der Waals surface area contributed by atoms with E-state index < -0.39 is 0 Å². The smallest absolute Gasteiger partial charge is 0.153 e. The van der Waals surface area contributed by atoms with Gasteiger partial charge in [0.2, 0.25) is 0 Å². The van der Waals surface area contributed by atoms with Crippen LogP contribution in [0.2, 0.25) is 0 Å². The largest absolute Gasteiger partial charge is 0.374 e. The number of H-pyrrole nitrogens is 1. The first-order chi connectivity index (χ1) is 13.7. The molecule has 1 aromatic carbocycles. The van der Waals surface area contributed by atoms with Gasteiger partial charge in [-0.3, -0.25) is 4.57 Å². The molecule has 2 heterocycles. The van der Waals surface area contributed by atoms with Crippen molar-refractivity contribution < 1.29 is 4.74 Å². The van der Waals surface area contributed by atoms with Crippen molar-refractivity contribution in [1.29, 1.82) is 0 Å². The van der Waals surface area contributed by atoms with Crippen LogP contribution < -0.4 is 0 Å². The monoisotopic (exact) mass is 377 g/mol. The standard InChI is InChI=1S/C22H27N5O/c1-4-17-12-18(28-14-16-8-6-5-7-9-16)13-19(17)22-26-25-15(2)27(22)20-10-11-24-21(20)23-3/h5-11,17-19,24H,3-4,12-14H2,1-2H3/t17-,18+,19+/m0/s1. The zero-order valence-corrected chi connectivity index (χ0v) is 16.5. The summed E-state index contributed by atoms with van der Waals surface area (Å²) in [5.74, 6) is 3.46. The first-order valence-corrected chi connectivity index (χ1v) is 9.93. The van der Waals surface area contributed by atoms with E-state index in [-0.39, 0.29) is 6.10 Å². The van der Waals surface area contributed by atoms with Crippen molar-refractivity contribution in [2.24, 2.45) is 10.9 Å². The van der Waals surface area contributed by atoms with E-state index in [1.54, 1.807) is 0 Å². The minimum atomic E-state index is 0.240. The molecule has 0 unspecified atom stereocenters. The van der Waals surface area contributed by atoms with Crippen LogP contribution in [-0.4, -0.2) is 32.6 Å². The average molecular weight is 377 g/mol. The molecule has 1 N–H and O–H groups in total. The van der Waals surface area contributed by atoms with Gasteiger partial charge in [-0.05, 0) is 44.0 Å². The maximum atomic E-state index is 6.26. The molecule has 0 saturated heterocycles. The molecule has 2 aromatic heterocycles. The Labute approximate surface area is 165 Å². The fourth-order valence-electron chi connectivity index (χ4n) is 4.34. The van der Waals surface area contributed by atoms with Gasteiger partial charge in [0.05, 0.1) is 18.4 Å². The summed E-state index contributed by atoms with van der Waals surface area (Å²) < 4.78 is 8.38. The van der Waals surface area contributed by atoms with Gasteiger partial charge in [-0.1, -0.05) is 43.7 Å². The highest BCUT2D eigenvalue weighted by Crippen LogP contribution is 2.43. The molecule has 0 aliphatic heterocycles. The summed E-state index contributed by atoms with van der Waals surface area (Å²) in [7, 11) is 0. The molecule has 28 heavy (non-hydrogen) atoms. The van der Waals surface area contributed by atoms with Crippen molar-refractivity contribution in [2.75, 3.05) is 0 Å². The first kappa shape index (κ1) is 18.6. The SMILES string of the molecule is C=Nc1[nH]ccc1-n1c(C)nnc1[C@@H]1C[C@H](OCc2ccccc2)C[C@@H]1CC. The highest BCUT2D eigenvalue weighted by Gasteiger charge is 2.38. The molecule has 6 nitrogen and oxygen atoms in total. The Hall–Kier alpha value is -2.73. The normalized spacial score (nSPS) is 21.9. The molecule has 146 valence electrons. The number of rotatable bonds is 7. The Morgan fingerprint density at radius 2 is 2.04 bits per heavy atom. The Bertz CT molecular complexity index is 930. The maximum absolute atomic E-state index is 6.26. The summed E-state index contributed by atoms with van der Waals surface area (Å²) in [6.07, 6.45) is 5.23. The van der Waals surface area contributed by atoms with E-state index in [0.717, 1.165) is 42.4 Å². The van der Waals surface area contributed by atoms with Gasteiger partial charge in [0.15, 0.2) is 5.82 Å². The zero-order chi connectivity index (χ0) is 19.5. The lowest BCUT2D eigenvalue weighted by atomic mass is 9.93. The van der Waals surface area contributed by atoms with Gasteiger partial charge in [0.1, 0.15) is 11.6 Å². The summed E-state index contributed by atoms with van der Waals surface area (Å²) in [5, 5.41) is 8.94. The molecule has 1 aliphatic rings. The number of benzene rings is 1. The van der Waals surface area contributed by atoms with E-state index in [1.165, 1.54) is 5.56 Å². The van der Waals surface area contributed by atoms with Gasteiger partial charge in [-0.15, -0.1) is 10.2 Å². The third-order valence-corrected chi connectivity index (χ3v) is 5.79. The molecular formula is C22H27N5O. The molecule has 4 rings (SSSR count). The molecule has 3 atom stereocenters. The lowest BCUT2D eigenvalue weighted by Crippen LogP contribution is -2.12. The third-order valence-electron chi connectivity index (χ3n) is 5.79. The van der Waals surface area contributed by atoms with Gasteiger partial charge in [0.25, 0.3) is 0 Å². The number of ether oxygens (including phenoxy) is 1. The number of aromatic amines is 1. The van der Waals surface area contributed by atoms with E-state index in [2.05, 4.69) is 62.6 Å². The van der Waals surface area contributed by atoms with Crippen molar-refractivity contribution in [3.63, 3.8) is 0 Å². The van der Waals surface area contributed by atoms with Crippen LogP contribution in [0.1, 0.15) is 49.3 Å². The molecule has 1 fully saturated rings. The van der Waals surface area contributed by atoms with Gasteiger partial charge in [-0.25, -0.2) is 4.99 Å². The van der Waals surface area contributed by atoms with E-state index in [0.29, 0.717) is 18.4 Å². The van der Waals surface area contributed by atoms with E-state index in [9.17, 15) is 0 Å². The highest BCUT2D eigenvalue weighted by atomic mass is 16.5. The minimum Gasteiger partial charge on any atom is -0.374 e. The second-order valence-electron chi connectivity index (χ2n) is 7.48. The van der Waals surface area contributed by atoms with E-state index >= 15 is 0 Å². The van der Waals surface area contributed by atoms with E-state index in [1.807, 2.05) is 25.3 Å². The lowest BCUT2D eigenvalue weighted by molar-refractivity contribution is 0.0422. The van der Waals surface area contributed by atoms with Crippen LogP contribution >= 0.6 is 0 Å². The predicted molar refractivity (Wildman–Crippen MR) is 110 cm³/mol. The van der Waals surface area contributed by atoms with Crippen LogP contribution in [-0.2, 0) is 11.3 Å². The van der Waals surface area contributed by atoms with Crippen molar-refractivity contribution in [3.8, 4) is 5.69 Å². The molecular weight excluding hydrogens is 350 g/mol. The quantitative estimate of drug-likeness (QED) is 0.606. The van der Waals surface area contributed by atoms with Crippen LogP contribution in [0.5, 0.6) is 0 Å². The van der Waals surface area contributed by atoms with E-state index in [4.69, 9.17) is 4.74 Å². The third kappa shape index (κ3) is 3.52. The summed E-state index contributed by atoms with van der Waals surface area (Å²) in [4.78, 5) is 7.24. The molecule has 0 amide bonds. The fourth-order valence-corrected chi connectivity index (χ4v) is 4.34. The number of nitrogens with zero attached hydrogens (tertiary/aromatic N) is 4. The number of aryl methyl sites for hydroxylation is 1. The molecule has 0 spiro atoms. The Morgan fingerprint density at radius 1 is 1.21 bits per heavy atom. The predicted octanol–water partition coefficient (Wildman–Crippen LogP) is 4.72. The van der Waals surface area contributed by atoms with Crippen LogP contribution in [0.4, 0.5) is 5.82 Å². The maximum Gasteiger partial charge on any atom is 0.153 e. The lowest BCUT2D eigenvalue weighted by Gasteiger charge is -2.18. The summed E-state index contributed by atoms with van der Waals surface area (Å²) >= 11 is 0. The van der Waals surface area contributed by atoms with Crippen LogP contribution in [0.25, 0.3) is 5.69 Å². The topological polar surface area (TPSA) is 68.1 Å². The van der Waals surface area contributed by atoms with Crippen molar-refractivity contribution in [3.05, 3.63) is 59.8 Å². The fraction of sp³-hybridized carbons (Fsp3) is 0.409. The van der Waals surface area contributed by atoms with Crippen LogP contribution in [0, 0.1) is 12.8 Å². The number of nitrogens with one attached hydrogen (secondary N) is 1. The van der Waals surface area contributed by atoms with Gasteiger partial charge < -0.3 is 9.72 Å². The molecule has 1 saturated carbocycles. The van der Waals surface area contributed by atoms with Gasteiger partial charge in [0, 0.05) is 12.1 Å². The van der Waals surface area contributed by atoms with Crippen molar-refractivity contribution in [2.45, 2.75) is 51.7 Å². The first-order valence-electron chi connectivity index (χ1n) is 9.93. The molecule has 0 radical (unpaired) electrons. The summed E-state index contributed by atoms with van der Waals surface area (Å²) in [6, 6.07) is 12.4. The number of aromatic nitrogens is 4. The second kappa shape index (κ2) is 8.10. The minimum absolute atomic E-state index is 0.240. The average Bonchev–Trinajstić information content (AvgIpc) is 3.44.